The molecule has 0 atom stereocenters. The van der Waals surface area contributed by atoms with Crippen LogP contribution in [-0.4, -0.2) is 19.4 Å². The minimum Gasteiger partial charge on any atom is -0.313 e. The number of halogens is 3. The number of alkyl halides is 3. The molecule has 0 saturated heterocycles. The van der Waals surface area contributed by atoms with E-state index in [1.807, 2.05) is 0 Å². The molecule has 54 valence electrons. The standard InChI is InChI=1S/C4H7F3N2/c1-8-9-3-2-4(5,6)7/h3,8H,2H2,1H3. The SMILES string of the molecule is CNN=CCC(F)(F)F. The van der Waals surface area contributed by atoms with E-state index in [1.165, 1.54) is 7.05 Å². The van der Waals surface area contributed by atoms with Crippen LogP contribution in [0.5, 0.6) is 0 Å². The normalized spacial score (nSPS) is 12.4. The number of hydrogen-bond donors (Lipinski definition) is 1. The first-order chi connectivity index (χ1) is 4.06. The molecule has 0 spiro atoms. The lowest BCUT2D eigenvalue weighted by atomic mass is 10.5. The van der Waals surface area contributed by atoms with E-state index in [4.69, 9.17) is 0 Å². The summed E-state index contributed by atoms with van der Waals surface area (Å²) in [5, 5.41) is 3.16. The average Bonchev–Trinajstić information content (AvgIpc) is 1.63. The summed E-state index contributed by atoms with van der Waals surface area (Å²) in [6, 6.07) is 0. The molecule has 0 saturated carbocycles. The van der Waals surface area contributed by atoms with Crippen LogP contribution in [0.4, 0.5) is 13.2 Å². The molecule has 1 N–H and O–H groups in total. The molecular weight excluding hydrogens is 133 g/mol. The molecule has 0 aromatic rings. The molecule has 0 heterocycles. The summed E-state index contributed by atoms with van der Waals surface area (Å²) in [5.41, 5.74) is 2.21. The second kappa shape index (κ2) is 3.32. The van der Waals surface area contributed by atoms with E-state index in [0.29, 0.717) is 0 Å². The van der Waals surface area contributed by atoms with Gasteiger partial charge in [-0.15, -0.1) is 0 Å². The molecule has 0 aliphatic rings. The largest absolute Gasteiger partial charge is 0.394 e. The van der Waals surface area contributed by atoms with Crippen molar-refractivity contribution < 1.29 is 13.2 Å². The lowest BCUT2D eigenvalue weighted by Crippen LogP contribution is -2.08. The number of nitrogens with one attached hydrogen (secondary N) is 1. The molecule has 0 aliphatic heterocycles. The lowest BCUT2D eigenvalue weighted by molar-refractivity contribution is -0.120. The van der Waals surface area contributed by atoms with Crippen molar-refractivity contribution in [2.75, 3.05) is 7.05 Å². The molecule has 0 aliphatic carbocycles. The molecule has 0 rings (SSSR count). The van der Waals surface area contributed by atoms with Gasteiger partial charge >= 0.3 is 6.18 Å². The van der Waals surface area contributed by atoms with Crippen LogP contribution in [0.1, 0.15) is 6.42 Å². The minimum atomic E-state index is -4.14. The third kappa shape index (κ3) is 7.26. The molecule has 9 heavy (non-hydrogen) atoms. The van der Waals surface area contributed by atoms with Gasteiger partial charge in [-0.25, -0.2) is 0 Å². The van der Waals surface area contributed by atoms with Crippen molar-refractivity contribution in [3.05, 3.63) is 0 Å². The van der Waals surface area contributed by atoms with Gasteiger partial charge in [-0.1, -0.05) is 0 Å². The van der Waals surface area contributed by atoms with Crippen molar-refractivity contribution in [1.29, 1.82) is 0 Å². The van der Waals surface area contributed by atoms with Gasteiger partial charge in [-0.05, 0) is 0 Å². The Morgan fingerprint density at radius 1 is 1.56 bits per heavy atom. The highest BCUT2D eigenvalue weighted by Gasteiger charge is 2.25. The third-order valence-electron chi connectivity index (χ3n) is 0.543. The molecule has 5 heteroatoms. The van der Waals surface area contributed by atoms with Gasteiger partial charge in [0.05, 0.1) is 6.42 Å². The van der Waals surface area contributed by atoms with Gasteiger partial charge in [0.1, 0.15) is 0 Å². The van der Waals surface area contributed by atoms with E-state index < -0.39 is 12.6 Å². The Hall–Kier alpha value is -0.740. The van der Waals surface area contributed by atoms with Gasteiger partial charge < -0.3 is 5.43 Å². The van der Waals surface area contributed by atoms with Crippen LogP contribution in [0.2, 0.25) is 0 Å². The second-order valence-corrected chi connectivity index (χ2v) is 1.35. The lowest BCUT2D eigenvalue weighted by Gasteiger charge is -1.98. The summed E-state index contributed by atoms with van der Waals surface area (Å²) in [4.78, 5) is 0. The van der Waals surface area contributed by atoms with Crippen LogP contribution in [0, 0.1) is 0 Å². The monoisotopic (exact) mass is 140 g/mol. The Balaban J connectivity index is 3.38. The Labute approximate surface area is 50.7 Å². The van der Waals surface area contributed by atoms with Crippen molar-refractivity contribution >= 4 is 6.21 Å². The molecule has 0 aromatic carbocycles. The van der Waals surface area contributed by atoms with Gasteiger partial charge in [0.15, 0.2) is 0 Å². The fourth-order valence-electron chi connectivity index (χ4n) is 0.240. The second-order valence-electron chi connectivity index (χ2n) is 1.35. The van der Waals surface area contributed by atoms with Crippen LogP contribution < -0.4 is 5.43 Å². The van der Waals surface area contributed by atoms with Gasteiger partial charge in [-0.2, -0.15) is 18.3 Å². The Kier molecular flexibility index (Phi) is 3.05. The van der Waals surface area contributed by atoms with Gasteiger partial charge in [0.2, 0.25) is 0 Å². The van der Waals surface area contributed by atoms with E-state index in [9.17, 15) is 13.2 Å². The van der Waals surface area contributed by atoms with Crippen molar-refractivity contribution in [3.63, 3.8) is 0 Å². The van der Waals surface area contributed by atoms with Crippen LogP contribution in [-0.2, 0) is 0 Å². The van der Waals surface area contributed by atoms with Crippen LogP contribution >= 0.6 is 0 Å². The van der Waals surface area contributed by atoms with Gasteiger partial charge in [0, 0.05) is 13.3 Å². The zero-order chi connectivity index (χ0) is 7.33. The maximum Gasteiger partial charge on any atom is 0.394 e. The molecule has 2 nitrogen and oxygen atoms in total. The molecule has 0 radical (unpaired) electrons. The molecule has 0 aromatic heterocycles. The first kappa shape index (κ1) is 8.26. The summed E-state index contributed by atoms with van der Waals surface area (Å²) >= 11 is 0. The van der Waals surface area contributed by atoms with Gasteiger partial charge in [0.25, 0.3) is 0 Å². The zero-order valence-corrected chi connectivity index (χ0v) is 4.87. The maximum absolute atomic E-state index is 11.3. The minimum absolute atomic E-state index is 0.778. The van der Waals surface area contributed by atoms with E-state index in [0.717, 1.165) is 6.21 Å². The van der Waals surface area contributed by atoms with E-state index in [-0.39, 0.29) is 0 Å². The predicted molar refractivity (Wildman–Crippen MR) is 28.2 cm³/mol. The Morgan fingerprint density at radius 3 is 2.44 bits per heavy atom. The number of nitrogens with zero attached hydrogens (tertiary/aromatic N) is 1. The molecule has 0 amide bonds. The third-order valence-corrected chi connectivity index (χ3v) is 0.543. The van der Waals surface area contributed by atoms with Crippen molar-refractivity contribution in [3.8, 4) is 0 Å². The van der Waals surface area contributed by atoms with Crippen LogP contribution in [0.3, 0.4) is 0 Å². The van der Waals surface area contributed by atoms with Crippen molar-refractivity contribution in [2.24, 2.45) is 5.10 Å². The maximum atomic E-state index is 11.3. The van der Waals surface area contributed by atoms with Gasteiger partial charge in [-0.3, -0.25) is 0 Å². The quantitative estimate of drug-likeness (QED) is 0.451. The number of hydrazone groups is 1. The summed E-state index contributed by atoms with van der Waals surface area (Å²) < 4.78 is 33.8. The Bertz CT molecular complexity index is 96.5. The molecule has 0 fully saturated rings. The van der Waals surface area contributed by atoms with E-state index >= 15 is 0 Å². The number of rotatable bonds is 2. The summed E-state index contributed by atoms with van der Waals surface area (Å²) in [7, 11) is 1.44. The van der Waals surface area contributed by atoms with Crippen molar-refractivity contribution in [2.45, 2.75) is 12.6 Å². The molecular formula is C4H7F3N2. The summed E-state index contributed by atoms with van der Waals surface area (Å²) in [6.07, 6.45) is -4.34. The first-order valence-electron chi connectivity index (χ1n) is 2.31. The Morgan fingerprint density at radius 2 is 2.11 bits per heavy atom. The summed E-state index contributed by atoms with van der Waals surface area (Å²) in [5.74, 6) is 0. The average molecular weight is 140 g/mol. The topological polar surface area (TPSA) is 24.4 Å². The molecule has 0 bridgehead atoms. The predicted octanol–water partition coefficient (Wildman–Crippen LogP) is 1.14. The van der Waals surface area contributed by atoms with Crippen LogP contribution in [0.25, 0.3) is 0 Å². The highest BCUT2D eigenvalue weighted by atomic mass is 19.4. The van der Waals surface area contributed by atoms with Crippen LogP contribution in [0.15, 0.2) is 5.10 Å². The fourth-order valence-corrected chi connectivity index (χ4v) is 0.240. The summed E-state index contributed by atoms with van der Waals surface area (Å²) in [6.45, 7) is 0. The first-order valence-corrected chi connectivity index (χ1v) is 2.31. The zero-order valence-electron chi connectivity index (χ0n) is 4.87. The fraction of sp³-hybridized carbons (Fsp3) is 0.750. The highest BCUT2D eigenvalue weighted by molar-refractivity contribution is 5.57. The van der Waals surface area contributed by atoms with E-state index in [2.05, 4.69) is 10.5 Å². The highest BCUT2D eigenvalue weighted by Crippen LogP contribution is 2.17. The van der Waals surface area contributed by atoms with E-state index in [1.54, 1.807) is 0 Å². The molecule has 0 unspecified atom stereocenters. The number of hydrogen-bond acceptors (Lipinski definition) is 2. The smallest absolute Gasteiger partial charge is 0.313 e. The van der Waals surface area contributed by atoms with Crippen molar-refractivity contribution in [1.82, 2.24) is 5.43 Å².